The van der Waals surface area contributed by atoms with Gasteiger partial charge in [0.2, 0.25) is 5.97 Å². The molecule has 4 aromatic rings. The maximum absolute atomic E-state index is 11.7. The number of aliphatic carboxylic acids is 2. The zero-order valence-electron chi connectivity index (χ0n) is 28.1. The molecule has 0 unspecified atom stereocenters. The number of carboxylic acids is 2. The summed E-state index contributed by atoms with van der Waals surface area (Å²) in [5.74, 6) is 0.555. The fourth-order valence-corrected chi connectivity index (χ4v) is 6.62. The molecule has 0 saturated carbocycles. The molecule has 2 aliphatic carbocycles. The maximum atomic E-state index is 11.7. The van der Waals surface area contributed by atoms with Crippen molar-refractivity contribution in [2.75, 3.05) is 24.0 Å². The van der Waals surface area contributed by atoms with E-state index < -0.39 is 11.9 Å². The standard InChI is InChI=1S/C23H23O4S2.C18H13.2H2N.Zr/c1-28-9-7-20(22(24)25)14-3-5-18-16(11-14)13-17-12-15(4-6-19(17)18)21(23(26)27)8-10-29-2;1-3-9-15(10-4-1)18(17-13-7-8-14-17)16-11-5-2-6-12-16;;;/h3-6,11H,7-10,13H2,1-2H3,(H,24,25)(H,26,27);1-13H;2*1H2;/q-3;3*-1;+2. The topological polar surface area (TPSA) is 142 Å². The second-order valence-corrected chi connectivity index (χ2v) is 13.0. The van der Waals surface area contributed by atoms with E-state index in [-0.39, 0.29) is 38.5 Å². The summed E-state index contributed by atoms with van der Waals surface area (Å²) in [7, 11) is 0. The molecule has 0 aliphatic heterocycles. The molecule has 258 valence electrons. The third-order valence-electron chi connectivity index (χ3n) is 8.08. The number of carbonyl (C=O) groups is 2. The van der Waals surface area contributed by atoms with E-state index in [9.17, 15) is 19.8 Å². The number of hydrogen-bond donors (Lipinski definition) is 2. The first-order valence-corrected chi connectivity index (χ1v) is 18.2. The Balaban J connectivity index is 0.000000357. The SMILES string of the molecule is CSCC[C-](C(=O)O)c1[c-]c2c(cc1)-c1ccc([C-](CCSC)C(=O)O)cc1C2.[C-]1=CC=CC1=C(c1ccccc1)c1ccccc1.[NH2-].[NH2-].[Zr+2]. The number of thioether (sulfide) groups is 2. The van der Waals surface area contributed by atoms with Gasteiger partial charge in [0, 0.05) is 0 Å². The number of benzene rings is 4. The Morgan fingerprint density at radius 2 is 1.32 bits per heavy atom. The van der Waals surface area contributed by atoms with Gasteiger partial charge in [-0.15, -0.1) is 18.6 Å². The predicted octanol–water partition coefficient (Wildman–Crippen LogP) is 10.4. The summed E-state index contributed by atoms with van der Waals surface area (Å²) in [5, 5.41) is 19.2. The van der Waals surface area contributed by atoms with E-state index in [0.29, 0.717) is 36.7 Å². The third kappa shape index (κ3) is 10.4. The first-order valence-electron chi connectivity index (χ1n) is 15.4. The Bertz CT molecular complexity index is 1680. The zero-order chi connectivity index (χ0) is 33.2. The Hall–Kier alpha value is -3.72. The summed E-state index contributed by atoms with van der Waals surface area (Å²) >= 11 is 3.25. The largest absolute Gasteiger partial charge is 2.00 e. The number of nitrogens with two attached hydrogens (primary N) is 2. The van der Waals surface area contributed by atoms with Gasteiger partial charge in [-0.2, -0.15) is 82.6 Å². The molecule has 0 atom stereocenters. The number of hydrogen-bond acceptors (Lipinski definition) is 4. The van der Waals surface area contributed by atoms with Crippen molar-refractivity contribution in [1.82, 2.24) is 0 Å². The molecule has 0 radical (unpaired) electrons. The van der Waals surface area contributed by atoms with Crippen LogP contribution in [0.3, 0.4) is 0 Å². The molecule has 0 fully saturated rings. The normalized spacial score (nSPS) is 11.4. The van der Waals surface area contributed by atoms with Crippen LogP contribution in [0.2, 0.25) is 0 Å². The average Bonchev–Trinajstić information content (AvgIpc) is 3.74. The molecule has 0 spiro atoms. The molecule has 0 saturated heterocycles. The van der Waals surface area contributed by atoms with Crippen LogP contribution < -0.4 is 0 Å². The van der Waals surface area contributed by atoms with E-state index >= 15 is 0 Å². The van der Waals surface area contributed by atoms with Crippen molar-refractivity contribution in [2.45, 2.75) is 19.3 Å². The van der Waals surface area contributed by atoms with Crippen LogP contribution in [0.4, 0.5) is 0 Å². The van der Waals surface area contributed by atoms with E-state index in [1.165, 1.54) is 16.7 Å². The molecule has 6 N–H and O–H groups in total. The van der Waals surface area contributed by atoms with Gasteiger partial charge in [0.15, 0.2) is 0 Å². The molecule has 9 heteroatoms. The molecular weight excluding hydrogens is 740 g/mol. The first-order chi connectivity index (χ1) is 22.9. The van der Waals surface area contributed by atoms with Crippen LogP contribution in [0.5, 0.6) is 0 Å². The minimum absolute atomic E-state index is 0. The number of rotatable bonds is 12. The quantitative estimate of drug-likeness (QED) is 0.121. The van der Waals surface area contributed by atoms with Crippen LogP contribution in [-0.2, 0) is 42.2 Å². The summed E-state index contributed by atoms with van der Waals surface area (Å²) in [4.78, 5) is 23.3. The van der Waals surface area contributed by atoms with Gasteiger partial charge in [0.1, 0.15) is 0 Å². The molecule has 6 nitrogen and oxygen atoms in total. The molecule has 6 rings (SSSR count). The van der Waals surface area contributed by atoms with Gasteiger partial charge in [-0.3, -0.25) is 15.7 Å². The summed E-state index contributed by atoms with van der Waals surface area (Å²) in [5.41, 5.74) is 10.4. The number of carboxylic acid groups (broad SMARTS) is 2. The second-order valence-electron chi connectivity index (χ2n) is 11.1. The van der Waals surface area contributed by atoms with Crippen molar-refractivity contribution < 1.29 is 46.0 Å². The van der Waals surface area contributed by atoms with Crippen LogP contribution >= 0.6 is 23.5 Å². The number of fused-ring (bicyclic) bond motifs is 3. The smallest absolute Gasteiger partial charge is 0.693 e. The molecule has 0 aromatic heterocycles. The molecule has 0 bridgehead atoms. The molecule has 50 heavy (non-hydrogen) atoms. The van der Waals surface area contributed by atoms with Crippen molar-refractivity contribution in [1.29, 1.82) is 0 Å². The third-order valence-corrected chi connectivity index (χ3v) is 9.31. The molecular formula is C41H40N2O4S2Zr-4. The summed E-state index contributed by atoms with van der Waals surface area (Å²) in [6, 6.07) is 33.9. The second kappa shape index (κ2) is 20.8. The van der Waals surface area contributed by atoms with E-state index in [1.807, 2.05) is 67.1 Å². The van der Waals surface area contributed by atoms with Crippen molar-refractivity contribution in [3.63, 3.8) is 0 Å². The van der Waals surface area contributed by atoms with Gasteiger partial charge in [0.25, 0.3) is 5.97 Å². The van der Waals surface area contributed by atoms with Crippen molar-refractivity contribution in [2.24, 2.45) is 0 Å². The van der Waals surface area contributed by atoms with Gasteiger partial charge in [0.05, 0.1) is 0 Å². The van der Waals surface area contributed by atoms with E-state index in [1.54, 1.807) is 23.5 Å². The number of allylic oxidation sites excluding steroid dienone is 5. The maximum Gasteiger partial charge on any atom is 2.00 e. The Labute approximate surface area is 323 Å². The fraction of sp³-hybridized carbons (Fsp3) is 0.171. The molecule has 0 heterocycles. The van der Waals surface area contributed by atoms with Crippen molar-refractivity contribution >= 4 is 41.0 Å². The van der Waals surface area contributed by atoms with Gasteiger partial charge >= 0.3 is 26.2 Å². The van der Waals surface area contributed by atoms with Crippen LogP contribution in [0.1, 0.15) is 46.2 Å². The fourth-order valence-electron chi connectivity index (χ4n) is 5.80. The first kappa shape index (κ1) is 42.5. The monoisotopic (exact) mass is 778 g/mol. The zero-order valence-corrected chi connectivity index (χ0v) is 32.2. The summed E-state index contributed by atoms with van der Waals surface area (Å²) < 4.78 is 0. The van der Waals surface area contributed by atoms with E-state index in [4.69, 9.17) is 0 Å². The van der Waals surface area contributed by atoms with Gasteiger partial charge in [-0.1, -0.05) is 101 Å². The van der Waals surface area contributed by atoms with Gasteiger partial charge < -0.3 is 34.1 Å². The van der Waals surface area contributed by atoms with Crippen LogP contribution in [-0.4, -0.2) is 46.2 Å². The van der Waals surface area contributed by atoms with Crippen LogP contribution in [0.15, 0.2) is 115 Å². The van der Waals surface area contributed by atoms with Crippen LogP contribution in [0, 0.1) is 24.0 Å². The Kier molecular flexibility index (Phi) is 17.7. The Morgan fingerprint density at radius 1 is 0.760 bits per heavy atom. The van der Waals surface area contributed by atoms with Crippen LogP contribution in [0.25, 0.3) is 29.0 Å². The van der Waals surface area contributed by atoms with Gasteiger partial charge in [-0.05, 0) is 36.0 Å². The minimum Gasteiger partial charge on any atom is -0.693 e. The predicted molar refractivity (Wildman–Crippen MR) is 206 cm³/mol. The molecule has 2 aliphatic rings. The average molecular weight is 780 g/mol. The van der Waals surface area contributed by atoms with Gasteiger partial charge in [-0.25, -0.2) is 0 Å². The molecule has 0 amide bonds. The van der Waals surface area contributed by atoms with Crippen molar-refractivity contribution in [3.05, 3.63) is 184 Å². The van der Waals surface area contributed by atoms with E-state index in [2.05, 4.69) is 66.7 Å². The van der Waals surface area contributed by atoms with E-state index in [0.717, 1.165) is 44.9 Å². The summed E-state index contributed by atoms with van der Waals surface area (Å²) in [6.07, 6.45) is 15.0. The Morgan fingerprint density at radius 3 is 1.84 bits per heavy atom. The summed E-state index contributed by atoms with van der Waals surface area (Å²) in [6.45, 7) is 0. The minimum atomic E-state index is -0.900. The molecule has 4 aromatic carbocycles. The van der Waals surface area contributed by atoms with Crippen molar-refractivity contribution in [3.8, 4) is 11.1 Å².